The molecule has 0 saturated heterocycles. The number of rotatable bonds is 102. The molecule has 0 rings (SSSR count). The Balaban J connectivity index is -0.00000216. The number of nitrogens with zero attached hydrogens (tertiary/aromatic N) is 2. The van der Waals surface area contributed by atoms with Gasteiger partial charge in [0.25, 0.3) is 0 Å². The van der Waals surface area contributed by atoms with Crippen molar-refractivity contribution < 1.29 is 19.8 Å². The summed E-state index contributed by atoms with van der Waals surface area (Å²) in [6.07, 6.45) is 130. The minimum Gasteiger partial charge on any atom is -0.550 e. The predicted molar refractivity (Wildman–Crippen MR) is 515 cm³/mol. The van der Waals surface area contributed by atoms with E-state index in [1.807, 2.05) is 0 Å². The van der Waals surface area contributed by atoms with Gasteiger partial charge < -0.3 is 29.6 Å². The maximum atomic E-state index is 11.0. The summed E-state index contributed by atoms with van der Waals surface area (Å²) in [5.74, 6) is -1.79. The number of aliphatic carboxylic acids is 2. The van der Waals surface area contributed by atoms with Gasteiger partial charge in [0, 0.05) is 24.0 Å². The van der Waals surface area contributed by atoms with Gasteiger partial charge in [-0.05, 0) is 104 Å². The summed E-state index contributed by atoms with van der Waals surface area (Å²) in [4.78, 5) is 27.3. The summed E-state index contributed by atoms with van der Waals surface area (Å²) in [5, 5.41) is 22.0. The Kier molecular flexibility index (Phi) is 112. The van der Waals surface area contributed by atoms with Crippen LogP contribution in [0.2, 0.25) is 0 Å². The monoisotopic (exact) mass is 1650 g/mol. The zero-order chi connectivity index (χ0) is 82.8. The van der Waals surface area contributed by atoms with Crippen LogP contribution < -0.4 is 10.2 Å². The van der Waals surface area contributed by atoms with E-state index in [2.05, 4.69) is 51.3 Å². The number of carboxylic acid groups (broad SMARTS) is 2. The fraction of sp³-hybridized carbons (Fsp3) is 0.981. The number of hydrogen-bond donors (Lipinski definition) is 0. The molecule has 6 nitrogen and oxygen atoms in total. The molecule has 0 aliphatic heterocycles. The van der Waals surface area contributed by atoms with Gasteiger partial charge in [0.2, 0.25) is 0 Å². The van der Waals surface area contributed by atoms with Crippen LogP contribution in [0.3, 0.4) is 0 Å². The van der Waals surface area contributed by atoms with Crippen LogP contribution in [0.15, 0.2) is 0 Å². The van der Waals surface area contributed by atoms with E-state index in [-0.39, 0.29) is 50.6 Å². The van der Waals surface area contributed by atoms with Crippen molar-refractivity contribution in [1.82, 2.24) is 9.80 Å². The molecule has 115 heavy (non-hydrogen) atoms. The minimum atomic E-state index is -0.895. The van der Waals surface area contributed by atoms with E-state index in [0.717, 1.165) is 25.7 Å². The Hall–Kier alpha value is 0.120. The first-order chi connectivity index (χ1) is 56.2. The fourth-order valence-electron chi connectivity index (χ4n) is 18.2. The largest absolute Gasteiger partial charge is 2.00 e. The second-order valence-electron chi connectivity index (χ2n) is 38.0. The normalized spacial score (nSPS) is 12.2. The van der Waals surface area contributed by atoms with Crippen molar-refractivity contribution in [3.8, 4) is 0 Å². The second kappa shape index (κ2) is 108. The molecule has 0 N–H and O–H groups in total. The van der Waals surface area contributed by atoms with Gasteiger partial charge in [-0.25, -0.2) is 0 Å². The maximum absolute atomic E-state index is 11.0. The van der Waals surface area contributed by atoms with Gasteiger partial charge in [-0.15, -0.1) is 0 Å². The molecule has 0 aromatic heterocycles. The van der Waals surface area contributed by atoms with Gasteiger partial charge in [-0.1, -0.05) is 567 Å². The molecule has 684 valence electrons. The van der Waals surface area contributed by atoms with Gasteiger partial charge in [0.1, 0.15) is 0 Å². The van der Waals surface area contributed by atoms with Gasteiger partial charge in [0.15, 0.2) is 0 Å². The number of carbonyl (C=O) groups excluding carboxylic acids is 2. The van der Waals surface area contributed by atoms with Crippen LogP contribution in [-0.4, -0.2) is 97.7 Å². The molecule has 0 aromatic carbocycles. The molecule has 0 aliphatic carbocycles. The maximum Gasteiger partial charge on any atom is 2.00 e. The third-order valence-corrected chi connectivity index (χ3v) is 26.4. The molecule has 2 atom stereocenters. The Labute approximate surface area is 756 Å². The SMILES string of the molecule is CCCCCCCCCCCCCCCCCCCCCCCCN(CCCCCCCCCCCCCCCCCCCCCCCC)C(C)CCCC(=O)[O-].CCCCCCCCCCCCCCCCCCCCCCCCN(CCCCCCCCCCCCCCCCCCCCCCCC)C(C)CCCC(=O)[O-].[Ca+2]. The van der Waals surface area contributed by atoms with Crippen LogP contribution in [0.25, 0.3) is 0 Å². The van der Waals surface area contributed by atoms with Crippen molar-refractivity contribution in [2.75, 3.05) is 26.2 Å². The average Bonchev–Trinajstić information content (AvgIpc) is 0.945. The van der Waals surface area contributed by atoms with Crippen LogP contribution in [-0.2, 0) is 9.59 Å². The summed E-state index contributed by atoms with van der Waals surface area (Å²) in [7, 11) is 0. The van der Waals surface area contributed by atoms with Crippen molar-refractivity contribution in [3.05, 3.63) is 0 Å². The van der Waals surface area contributed by atoms with Crippen molar-refractivity contribution in [2.24, 2.45) is 0 Å². The van der Waals surface area contributed by atoms with Crippen molar-refractivity contribution in [3.63, 3.8) is 0 Å². The molecule has 0 aliphatic rings. The summed E-state index contributed by atoms with van der Waals surface area (Å²) in [6.45, 7) is 18.6. The molecule has 0 radical (unpaired) electrons. The van der Waals surface area contributed by atoms with E-state index in [0.29, 0.717) is 12.1 Å². The minimum absolute atomic E-state index is 0. The zero-order valence-corrected chi connectivity index (χ0v) is 82.9. The summed E-state index contributed by atoms with van der Waals surface area (Å²) >= 11 is 0. The van der Waals surface area contributed by atoms with E-state index < -0.39 is 11.9 Å². The topological polar surface area (TPSA) is 86.7 Å². The van der Waals surface area contributed by atoms with E-state index in [1.54, 1.807) is 0 Å². The first-order valence-electron chi connectivity index (χ1n) is 54.1. The number of hydrogen-bond acceptors (Lipinski definition) is 6. The first kappa shape index (κ1) is 119. The summed E-state index contributed by atoms with van der Waals surface area (Å²) in [5.41, 5.74) is 0. The van der Waals surface area contributed by atoms with Crippen LogP contribution in [0.5, 0.6) is 0 Å². The molecule has 0 spiro atoms. The quantitative estimate of drug-likeness (QED) is 0.0445. The van der Waals surface area contributed by atoms with E-state index >= 15 is 0 Å². The zero-order valence-electron chi connectivity index (χ0n) is 80.7. The van der Waals surface area contributed by atoms with Crippen LogP contribution >= 0.6 is 0 Å². The molecule has 7 heteroatoms. The van der Waals surface area contributed by atoms with Crippen molar-refractivity contribution in [1.29, 1.82) is 0 Å². The Morgan fingerprint density at radius 2 is 0.270 bits per heavy atom. The number of carboxylic acids is 2. The third-order valence-electron chi connectivity index (χ3n) is 26.4. The van der Waals surface area contributed by atoms with E-state index in [9.17, 15) is 19.8 Å². The Morgan fingerprint density at radius 3 is 0.365 bits per heavy atom. The number of carbonyl (C=O) groups is 2. The molecule has 0 heterocycles. The van der Waals surface area contributed by atoms with E-state index in [4.69, 9.17) is 0 Å². The average molecular weight is 1650 g/mol. The molecular formula is C108H216CaN2O4. The molecule has 0 aromatic rings. The molecule has 0 saturated carbocycles. The third kappa shape index (κ3) is 106. The van der Waals surface area contributed by atoms with Gasteiger partial charge in [-0.3, -0.25) is 0 Å². The van der Waals surface area contributed by atoms with Crippen LogP contribution in [0.4, 0.5) is 0 Å². The van der Waals surface area contributed by atoms with Crippen LogP contribution in [0, 0.1) is 0 Å². The molecule has 0 fully saturated rings. The van der Waals surface area contributed by atoms with Gasteiger partial charge in [-0.2, -0.15) is 0 Å². The Bertz CT molecular complexity index is 1510. The molecule has 2 unspecified atom stereocenters. The molecule has 0 amide bonds. The molecular weight excluding hydrogens is 1430 g/mol. The van der Waals surface area contributed by atoms with Gasteiger partial charge in [0.05, 0.1) is 0 Å². The summed E-state index contributed by atoms with van der Waals surface area (Å²) < 4.78 is 0. The van der Waals surface area contributed by atoms with E-state index in [1.165, 1.54) is 591 Å². The predicted octanol–water partition coefficient (Wildman–Crippen LogP) is 35.2. The van der Waals surface area contributed by atoms with Gasteiger partial charge >= 0.3 is 37.7 Å². The van der Waals surface area contributed by atoms with Crippen molar-refractivity contribution in [2.45, 2.75) is 657 Å². The van der Waals surface area contributed by atoms with Crippen molar-refractivity contribution >= 4 is 49.7 Å². The fourth-order valence-corrected chi connectivity index (χ4v) is 18.2. The molecule has 0 bridgehead atoms. The standard InChI is InChI=1S/2C54H109NO2.Ca/c2*1-4-6-8-10-12-14-16-18-20-22-24-26-28-30-32-34-36-38-40-42-44-46-51-55(53(3)49-48-50-54(56)57)52-47-45-43-41-39-37-35-33-31-29-27-25-23-21-19-17-15-13-11-9-7-5-2;/h2*53H,4-52H2,1-3H3,(H,56,57);/q;;+2/p-2. The Morgan fingerprint density at radius 1 is 0.174 bits per heavy atom. The summed E-state index contributed by atoms with van der Waals surface area (Å²) in [6, 6.07) is 0.961. The first-order valence-corrected chi connectivity index (χ1v) is 54.1. The number of unbranched alkanes of at least 4 members (excludes halogenated alkanes) is 84. The second-order valence-corrected chi connectivity index (χ2v) is 38.0. The smallest absolute Gasteiger partial charge is 0.550 e. The van der Waals surface area contributed by atoms with Crippen LogP contribution in [0.1, 0.15) is 645 Å².